The zero-order valence-electron chi connectivity index (χ0n) is 16.2. The third-order valence-corrected chi connectivity index (χ3v) is 6.34. The number of carbonyl (C=O) groups excluding carboxylic acids is 1. The van der Waals surface area contributed by atoms with E-state index in [-0.39, 0.29) is 17.8 Å². The number of rotatable bonds is 4. The minimum atomic E-state index is -0.266. The molecule has 1 aromatic heterocycles. The summed E-state index contributed by atoms with van der Waals surface area (Å²) in [5, 5.41) is 4.03. The Morgan fingerprint density at radius 1 is 1.22 bits per heavy atom. The number of carbonyl (C=O) groups is 1. The lowest BCUT2D eigenvalue weighted by atomic mass is 10.1. The van der Waals surface area contributed by atoms with Crippen LogP contribution in [-0.2, 0) is 11.2 Å². The number of hydrogen-bond acceptors (Lipinski definition) is 2. The molecule has 146 valence electrons. The molecule has 2 heterocycles. The molecule has 27 heavy (non-hydrogen) atoms. The van der Waals surface area contributed by atoms with Crippen LogP contribution >= 0.6 is 0 Å². The van der Waals surface area contributed by atoms with Gasteiger partial charge in [0.05, 0.1) is 6.42 Å². The Hall–Kier alpha value is -1.88. The van der Waals surface area contributed by atoms with Gasteiger partial charge in [-0.2, -0.15) is 0 Å². The van der Waals surface area contributed by atoms with Gasteiger partial charge in [-0.25, -0.2) is 4.39 Å². The lowest BCUT2D eigenvalue weighted by Crippen LogP contribution is -2.40. The topological polar surface area (TPSA) is 48.1 Å². The predicted octanol–water partition coefficient (Wildman–Crippen LogP) is 4.07. The van der Waals surface area contributed by atoms with Crippen LogP contribution in [0.5, 0.6) is 0 Å². The normalized spacial score (nSPS) is 22.2. The predicted molar refractivity (Wildman–Crippen MR) is 106 cm³/mol. The van der Waals surface area contributed by atoms with Gasteiger partial charge in [0.15, 0.2) is 0 Å². The van der Waals surface area contributed by atoms with Crippen LogP contribution in [0, 0.1) is 12.7 Å². The number of likely N-dealkylation sites (tertiary alicyclic amines) is 1. The van der Waals surface area contributed by atoms with E-state index < -0.39 is 0 Å². The maximum atomic E-state index is 13.6. The third-order valence-electron chi connectivity index (χ3n) is 6.34. The lowest BCUT2D eigenvalue weighted by Gasteiger charge is -2.26. The van der Waals surface area contributed by atoms with E-state index in [0.29, 0.717) is 12.5 Å². The number of nitrogens with one attached hydrogen (secondary N) is 2. The Morgan fingerprint density at radius 2 is 2.00 bits per heavy atom. The van der Waals surface area contributed by atoms with Gasteiger partial charge in [0, 0.05) is 41.8 Å². The van der Waals surface area contributed by atoms with E-state index >= 15 is 0 Å². The largest absolute Gasteiger partial charge is 0.358 e. The molecule has 0 spiro atoms. The van der Waals surface area contributed by atoms with E-state index in [0.717, 1.165) is 41.7 Å². The molecule has 2 fully saturated rings. The van der Waals surface area contributed by atoms with Crippen molar-refractivity contribution >= 4 is 16.8 Å². The molecule has 1 aliphatic heterocycles. The number of halogens is 1. The van der Waals surface area contributed by atoms with Gasteiger partial charge in [-0.1, -0.05) is 25.7 Å². The van der Waals surface area contributed by atoms with Gasteiger partial charge >= 0.3 is 0 Å². The summed E-state index contributed by atoms with van der Waals surface area (Å²) < 4.78 is 13.6. The second kappa shape index (κ2) is 8.01. The summed E-state index contributed by atoms with van der Waals surface area (Å²) in [6, 6.07) is 5.64. The minimum Gasteiger partial charge on any atom is -0.358 e. The zero-order chi connectivity index (χ0) is 18.8. The average Bonchev–Trinajstić information content (AvgIpc) is 3.09. The number of nitrogens with zero attached hydrogens (tertiary/aromatic N) is 1. The fourth-order valence-corrected chi connectivity index (χ4v) is 4.88. The van der Waals surface area contributed by atoms with Gasteiger partial charge in [0.2, 0.25) is 5.91 Å². The van der Waals surface area contributed by atoms with Crippen LogP contribution in [0.1, 0.15) is 56.2 Å². The Morgan fingerprint density at radius 3 is 2.78 bits per heavy atom. The number of benzene rings is 1. The monoisotopic (exact) mass is 371 g/mol. The van der Waals surface area contributed by atoms with Gasteiger partial charge < -0.3 is 10.3 Å². The van der Waals surface area contributed by atoms with E-state index in [4.69, 9.17) is 0 Å². The van der Waals surface area contributed by atoms with Gasteiger partial charge in [-0.15, -0.1) is 0 Å². The Balaban J connectivity index is 1.36. The number of H-pyrrole nitrogens is 1. The molecule has 4 rings (SSSR count). The smallest absolute Gasteiger partial charge is 0.224 e. The van der Waals surface area contributed by atoms with E-state index in [9.17, 15) is 9.18 Å². The molecule has 2 N–H and O–H groups in total. The highest BCUT2D eigenvalue weighted by atomic mass is 19.1. The molecule has 1 aromatic carbocycles. The molecule has 2 aromatic rings. The molecule has 1 aliphatic carbocycles. The van der Waals surface area contributed by atoms with Crippen molar-refractivity contribution in [2.45, 2.75) is 70.4 Å². The van der Waals surface area contributed by atoms with Crippen molar-refractivity contribution in [1.29, 1.82) is 0 Å². The van der Waals surface area contributed by atoms with Crippen LogP contribution in [0.3, 0.4) is 0 Å². The van der Waals surface area contributed by atoms with E-state index in [2.05, 4.69) is 15.2 Å². The van der Waals surface area contributed by atoms with Crippen molar-refractivity contribution in [3.05, 3.63) is 35.3 Å². The van der Waals surface area contributed by atoms with Gasteiger partial charge in [-0.05, 0) is 49.9 Å². The standard InChI is InChI=1S/C22H30FN3O/c1-15-19(20-12-16(23)8-9-21(20)24-15)13-22(27)25-17-10-11-26(14-17)18-6-4-2-3-5-7-18/h8-9,12,17-18,24H,2-7,10-11,13-14H2,1H3,(H,25,27). The molecule has 4 nitrogen and oxygen atoms in total. The Bertz CT molecular complexity index is 807. The van der Waals surface area contributed by atoms with Crippen LogP contribution in [0.15, 0.2) is 18.2 Å². The first-order valence-electron chi connectivity index (χ1n) is 10.4. The number of fused-ring (bicyclic) bond motifs is 1. The quantitative estimate of drug-likeness (QED) is 0.796. The fraction of sp³-hybridized carbons (Fsp3) is 0.591. The first-order valence-corrected chi connectivity index (χ1v) is 10.4. The molecule has 5 heteroatoms. The summed E-state index contributed by atoms with van der Waals surface area (Å²) in [6.45, 7) is 4.01. The van der Waals surface area contributed by atoms with Crippen LogP contribution in [0.2, 0.25) is 0 Å². The molecule has 1 atom stereocenters. The summed E-state index contributed by atoms with van der Waals surface area (Å²) in [6.07, 6.45) is 9.37. The first-order chi connectivity index (χ1) is 13.1. The molecule has 0 radical (unpaired) electrons. The van der Waals surface area contributed by atoms with Crippen molar-refractivity contribution in [2.24, 2.45) is 0 Å². The van der Waals surface area contributed by atoms with Crippen LogP contribution < -0.4 is 5.32 Å². The molecule has 1 saturated carbocycles. The Kier molecular flexibility index (Phi) is 5.48. The van der Waals surface area contributed by atoms with Crippen molar-refractivity contribution in [2.75, 3.05) is 13.1 Å². The first kappa shape index (κ1) is 18.5. The van der Waals surface area contributed by atoms with E-state index in [1.807, 2.05) is 6.92 Å². The maximum absolute atomic E-state index is 13.6. The third kappa shape index (κ3) is 4.18. The fourth-order valence-electron chi connectivity index (χ4n) is 4.88. The summed E-state index contributed by atoms with van der Waals surface area (Å²) in [5.41, 5.74) is 2.73. The average molecular weight is 372 g/mol. The van der Waals surface area contributed by atoms with Crippen molar-refractivity contribution < 1.29 is 9.18 Å². The SMILES string of the molecule is Cc1[nH]c2ccc(F)cc2c1CC(=O)NC1CCN(C2CCCCCC2)C1. The zero-order valence-corrected chi connectivity index (χ0v) is 16.2. The number of amides is 1. The van der Waals surface area contributed by atoms with Gasteiger partial charge in [0.1, 0.15) is 5.82 Å². The van der Waals surface area contributed by atoms with Gasteiger partial charge in [0.25, 0.3) is 0 Å². The molecule has 0 bridgehead atoms. The number of aryl methyl sites for hydroxylation is 1. The molecule has 1 saturated heterocycles. The van der Waals surface area contributed by atoms with Crippen LogP contribution in [0.4, 0.5) is 4.39 Å². The molecule has 2 aliphatic rings. The Labute approximate surface area is 160 Å². The molecular formula is C22H30FN3O. The minimum absolute atomic E-state index is 0.0379. The highest BCUT2D eigenvalue weighted by Gasteiger charge is 2.29. The summed E-state index contributed by atoms with van der Waals surface area (Å²) in [7, 11) is 0. The highest BCUT2D eigenvalue weighted by molar-refractivity contribution is 5.90. The number of aromatic amines is 1. The van der Waals surface area contributed by atoms with Crippen LogP contribution in [-0.4, -0.2) is 41.0 Å². The van der Waals surface area contributed by atoms with Gasteiger partial charge in [-0.3, -0.25) is 9.69 Å². The maximum Gasteiger partial charge on any atom is 0.224 e. The number of hydrogen-bond donors (Lipinski definition) is 2. The molecule has 1 unspecified atom stereocenters. The van der Waals surface area contributed by atoms with E-state index in [1.54, 1.807) is 6.07 Å². The van der Waals surface area contributed by atoms with Crippen LogP contribution in [0.25, 0.3) is 10.9 Å². The summed E-state index contributed by atoms with van der Waals surface area (Å²) >= 11 is 0. The highest BCUT2D eigenvalue weighted by Crippen LogP contribution is 2.26. The van der Waals surface area contributed by atoms with Crippen molar-refractivity contribution in [3.63, 3.8) is 0 Å². The van der Waals surface area contributed by atoms with Crippen molar-refractivity contribution in [3.8, 4) is 0 Å². The number of aromatic nitrogens is 1. The van der Waals surface area contributed by atoms with Crippen molar-refractivity contribution in [1.82, 2.24) is 15.2 Å². The molecule has 1 amide bonds. The van der Waals surface area contributed by atoms with E-state index in [1.165, 1.54) is 50.7 Å². The lowest BCUT2D eigenvalue weighted by molar-refractivity contribution is -0.121. The second-order valence-electron chi connectivity index (χ2n) is 8.29. The molecular weight excluding hydrogens is 341 g/mol. The summed E-state index contributed by atoms with van der Waals surface area (Å²) in [5.74, 6) is -0.228. The second-order valence-corrected chi connectivity index (χ2v) is 8.29. The summed E-state index contributed by atoms with van der Waals surface area (Å²) in [4.78, 5) is 18.5.